The second-order valence-electron chi connectivity index (χ2n) is 5.62. The summed E-state index contributed by atoms with van der Waals surface area (Å²) in [6, 6.07) is 15.5. The Morgan fingerprint density at radius 1 is 1.05 bits per heavy atom. The molecule has 0 amide bonds. The van der Waals surface area contributed by atoms with Crippen LogP contribution in [0.1, 0.15) is 24.5 Å². The molecule has 1 N–H and O–H groups in total. The van der Waals surface area contributed by atoms with Gasteiger partial charge in [0.1, 0.15) is 11.6 Å². The van der Waals surface area contributed by atoms with Crippen molar-refractivity contribution < 1.29 is 9.13 Å². The monoisotopic (exact) mass is 301 g/mol. The summed E-state index contributed by atoms with van der Waals surface area (Å²) in [4.78, 5) is 0. The van der Waals surface area contributed by atoms with Crippen LogP contribution in [0.25, 0.3) is 0 Å². The highest BCUT2D eigenvalue weighted by Crippen LogP contribution is 2.13. The molecule has 2 aromatic rings. The molecule has 2 nitrogen and oxygen atoms in total. The number of halogens is 1. The quantitative estimate of drug-likeness (QED) is 0.796. The van der Waals surface area contributed by atoms with E-state index >= 15 is 0 Å². The first-order valence-corrected chi connectivity index (χ1v) is 7.78. The van der Waals surface area contributed by atoms with Crippen molar-refractivity contribution in [1.29, 1.82) is 0 Å². The van der Waals surface area contributed by atoms with Crippen LogP contribution in [0, 0.1) is 5.82 Å². The zero-order valence-corrected chi connectivity index (χ0v) is 13.3. The molecule has 1 atom stereocenters. The van der Waals surface area contributed by atoms with Gasteiger partial charge in [-0.1, -0.05) is 24.3 Å². The van der Waals surface area contributed by atoms with E-state index in [9.17, 15) is 4.39 Å². The molecule has 0 aliphatic rings. The van der Waals surface area contributed by atoms with Crippen molar-refractivity contribution in [1.82, 2.24) is 5.32 Å². The van der Waals surface area contributed by atoms with E-state index in [1.165, 1.54) is 11.6 Å². The summed E-state index contributed by atoms with van der Waals surface area (Å²) in [6.45, 7) is 3.06. The van der Waals surface area contributed by atoms with Gasteiger partial charge in [-0.25, -0.2) is 4.39 Å². The van der Waals surface area contributed by atoms with Crippen molar-refractivity contribution in [3.63, 3.8) is 0 Å². The van der Waals surface area contributed by atoms with Crippen LogP contribution in [0.15, 0.2) is 48.5 Å². The predicted octanol–water partition coefficient (Wildman–Crippen LogP) is 3.99. The number of methoxy groups -OCH3 is 1. The SMILES string of the molecule is COc1ccc(CC[C@H](C)NCCc2cccc(F)c2)cc1. The Labute approximate surface area is 132 Å². The van der Waals surface area contributed by atoms with Crippen molar-refractivity contribution in [3.8, 4) is 5.75 Å². The lowest BCUT2D eigenvalue weighted by molar-refractivity contribution is 0.414. The maximum absolute atomic E-state index is 13.1. The van der Waals surface area contributed by atoms with Crippen LogP contribution >= 0.6 is 0 Å². The second-order valence-corrected chi connectivity index (χ2v) is 5.62. The van der Waals surface area contributed by atoms with Gasteiger partial charge in [0.25, 0.3) is 0 Å². The van der Waals surface area contributed by atoms with Gasteiger partial charge in [0.05, 0.1) is 7.11 Å². The van der Waals surface area contributed by atoms with E-state index in [1.54, 1.807) is 19.2 Å². The summed E-state index contributed by atoms with van der Waals surface area (Å²) < 4.78 is 18.2. The molecular weight excluding hydrogens is 277 g/mol. The van der Waals surface area contributed by atoms with Crippen LogP contribution in [0.3, 0.4) is 0 Å². The molecule has 118 valence electrons. The van der Waals surface area contributed by atoms with Crippen molar-refractivity contribution >= 4 is 0 Å². The van der Waals surface area contributed by atoms with E-state index in [0.29, 0.717) is 6.04 Å². The summed E-state index contributed by atoms with van der Waals surface area (Å²) >= 11 is 0. The zero-order valence-electron chi connectivity index (χ0n) is 13.3. The van der Waals surface area contributed by atoms with Gasteiger partial charge in [0, 0.05) is 6.04 Å². The van der Waals surface area contributed by atoms with E-state index in [2.05, 4.69) is 24.4 Å². The molecule has 3 heteroatoms. The van der Waals surface area contributed by atoms with Crippen LogP contribution in [-0.4, -0.2) is 19.7 Å². The predicted molar refractivity (Wildman–Crippen MR) is 88.9 cm³/mol. The Balaban J connectivity index is 1.68. The second kappa shape index (κ2) is 8.54. The molecule has 0 aliphatic carbocycles. The van der Waals surface area contributed by atoms with Crippen LogP contribution in [0.5, 0.6) is 5.75 Å². The largest absolute Gasteiger partial charge is 0.497 e. The lowest BCUT2D eigenvalue weighted by Crippen LogP contribution is -2.28. The molecular formula is C19H24FNO. The van der Waals surface area contributed by atoms with Gasteiger partial charge in [-0.05, 0) is 68.1 Å². The standard InChI is InChI=1S/C19H24FNO/c1-15(6-7-16-8-10-19(22-2)11-9-16)21-13-12-17-4-3-5-18(20)14-17/h3-5,8-11,14-15,21H,6-7,12-13H2,1-2H3/t15-/m0/s1. The highest BCUT2D eigenvalue weighted by Gasteiger charge is 2.03. The minimum absolute atomic E-state index is 0.162. The first kappa shape index (κ1) is 16.5. The minimum Gasteiger partial charge on any atom is -0.497 e. The number of nitrogens with one attached hydrogen (secondary N) is 1. The first-order valence-electron chi connectivity index (χ1n) is 7.78. The lowest BCUT2D eigenvalue weighted by atomic mass is 10.1. The third-order valence-corrected chi connectivity index (χ3v) is 3.82. The van der Waals surface area contributed by atoms with E-state index in [0.717, 1.165) is 37.1 Å². The molecule has 2 rings (SSSR count). The molecule has 0 saturated carbocycles. The smallest absolute Gasteiger partial charge is 0.123 e. The molecule has 0 unspecified atom stereocenters. The van der Waals surface area contributed by atoms with Gasteiger partial charge in [-0.3, -0.25) is 0 Å². The Bertz CT molecular complexity index is 568. The maximum atomic E-state index is 13.1. The zero-order chi connectivity index (χ0) is 15.8. The van der Waals surface area contributed by atoms with Crippen molar-refractivity contribution in [3.05, 3.63) is 65.5 Å². The molecule has 2 aromatic carbocycles. The summed E-state index contributed by atoms with van der Waals surface area (Å²) in [5, 5.41) is 3.50. The van der Waals surface area contributed by atoms with Crippen LogP contribution < -0.4 is 10.1 Å². The van der Waals surface area contributed by atoms with Gasteiger partial charge in [0.15, 0.2) is 0 Å². The van der Waals surface area contributed by atoms with Crippen molar-refractivity contribution in [2.75, 3.05) is 13.7 Å². The summed E-state index contributed by atoms with van der Waals surface area (Å²) in [7, 11) is 1.68. The van der Waals surface area contributed by atoms with Crippen molar-refractivity contribution in [2.24, 2.45) is 0 Å². The minimum atomic E-state index is -0.162. The third-order valence-electron chi connectivity index (χ3n) is 3.82. The molecule has 0 aliphatic heterocycles. The molecule has 0 radical (unpaired) electrons. The van der Waals surface area contributed by atoms with E-state index in [-0.39, 0.29) is 5.82 Å². The molecule has 0 aromatic heterocycles. The average molecular weight is 301 g/mol. The number of rotatable bonds is 8. The van der Waals surface area contributed by atoms with Crippen LogP contribution in [0.4, 0.5) is 4.39 Å². The Morgan fingerprint density at radius 2 is 1.82 bits per heavy atom. The van der Waals surface area contributed by atoms with Gasteiger partial charge < -0.3 is 10.1 Å². The van der Waals surface area contributed by atoms with Gasteiger partial charge in [0.2, 0.25) is 0 Å². The summed E-state index contributed by atoms with van der Waals surface area (Å²) in [5.41, 5.74) is 2.36. The number of hydrogen-bond donors (Lipinski definition) is 1. The molecule has 0 spiro atoms. The fourth-order valence-electron chi connectivity index (χ4n) is 2.43. The van der Waals surface area contributed by atoms with Gasteiger partial charge in [-0.15, -0.1) is 0 Å². The van der Waals surface area contributed by atoms with Gasteiger partial charge >= 0.3 is 0 Å². The first-order chi connectivity index (χ1) is 10.7. The highest BCUT2D eigenvalue weighted by atomic mass is 19.1. The Hall–Kier alpha value is -1.87. The maximum Gasteiger partial charge on any atom is 0.123 e. The fraction of sp³-hybridized carbons (Fsp3) is 0.368. The molecule has 0 bridgehead atoms. The lowest BCUT2D eigenvalue weighted by Gasteiger charge is -2.14. The van der Waals surface area contributed by atoms with E-state index in [4.69, 9.17) is 4.74 Å². The third kappa shape index (κ3) is 5.49. The molecule has 0 saturated heterocycles. The number of hydrogen-bond acceptors (Lipinski definition) is 2. The number of ether oxygens (including phenoxy) is 1. The summed E-state index contributed by atoms with van der Waals surface area (Å²) in [5.74, 6) is 0.732. The molecule has 0 heterocycles. The molecule has 22 heavy (non-hydrogen) atoms. The Morgan fingerprint density at radius 3 is 2.50 bits per heavy atom. The van der Waals surface area contributed by atoms with Crippen LogP contribution in [0.2, 0.25) is 0 Å². The number of benzene rings is 2. The van der Waals surface area contributed by atoms with Crippen molar-refractivity contribution in [2.45, 2.75) is 32.2 Å². The fourth-order valence-corrected chi connectivity index (χ4v) is 2.43. The molecule has 0 fully saturated rings. The Kier molecular flexibility index (Phi) is 6.41. The normalized spacial score (nSPS) is 12.1. The topological polar surface area (TPSA) is 21.3 Å². The average Bonchev–Trinajstić information content (AvgIpc) is 2.53. The summed E-state index contributed by atoms with van der Waals surface area (Å²) in [6.07, 6.45) is 2.97. The number of aryl methyl sites for hydroxylation is 1. The van der Waals surface area contributed by atoms with Gasteiger partial charge in [-0.2, -0.15) is 0 Å². The highest BCUT2D eigenvalue weighted by molar-refractivity contribution is 5.27. The van der Waals surface area contributed by atoms with E-state index in [1.807, 2.05) is 18.2 Å². The van der Waals surface area contributed by atoms with E-state index < -0.39 is 0 Å². The van der Waals surface area contributed by atoms with Crippen LogP contribution in [-0.2, 0) is 12.8 Å².